The third-order valence-electron chi connectivity index (χ3n) is 7.88. The second kappa shape index (κ2) is 15.4. The summed E-state index contributed by atoms with van der Waals surface area (Å²) >= 11 is 1.80. The molecule has 7 aromatic rings. The minimum atomic E-state index is 0. The quantitative estimate of drug-likeness (QED) is 0.157. The number of pyridine rings is 2. The fourth-order valence-electron chi connectivity index (χ4n) is 5.26. The van der Waals surface area contributed by atoms with Crippen LogP contribution < -0.4 is 0 Å². The van der Waals surface area contributed by atoms with E-state index in [1.165, 1.54) is 42.8 Å². The van der Waals surface area contributed by atoms with Gasteiger partial charge in [-0.05, 0) is 56.7 Å². The predicted octanol–water partition coefficient (Wildman–Crippen LogP) is 11.9. The minimum Gasteiger partial charge on any atom is -0.305 e. The Morgan fingerprint density at radius 1 is 0.587 bits per heavy atom. The van der Waals surface area contributed by atoms with E-state index < -0.39 is 0 Å². The van der Waals surface area contributed by atoms with Crippen molar-refractivity contribution in [2.75, 3.05) is 0 Å². The van der Waals surface area contributed by atoms with Crippen LogP contribution >= 0.6 is 11.3 Å². The summed E-state index contributed by atoms with van der Waals surface area (Å²) in [6, 6.07) is 49.0. The maximum atomic E-state index is 4.71. The Bertz CT molecular complexity index is 1940. The molecule has 7 rings (SSSR count). The van der Waals surface area contributed by atoms with E-state index in [1.807, 2.05) is 48.7 Å². The van der Waals surface area contributed by atoms with Crippen LogP contribution in [0.5, 0.6) is 0 Å². The molecule has 0 atom stereocenters. The molecule has 0 N–H and O–H groups in total. The molecule has 4 aromatic carbocycles. The van der Waals surface area contributed by atoms with Gasteiger partial charge in [0.15, 0.2) is 0 Å². The van der Waals surface area contributed by atoms with Crippen LogP contribution in [0.3, 0.4) is 0 Å². The molecule has 3 heterocycles. The molecule has 0 saturated heterocycles. The van der Waals surface area contributed by atoms with E-state index >= 15 is 0 Å². The topological polar surface area (TPSA) is 25.8 Å². The Morgan fingerprint density at radius 2 is 1.30 bits per heavy atom. The first-order valence-corrected chi connectivity index (χ1v) is 16.3. The molecule has 3 aromatic heterocycles. The molecule has 4 heteroatoms. The van der Waals surface area contributed by atoms with Crippen LogP contribution in [0.1, 0.15) is 50.7 Å². The summed E-state index contributed by atoms with van der Waals surface area (Å²) in [4.78, 5) is 10.2. The molecule has 0 unspecified atom stereocenters. The van der Waals surface area contributed by atoms with Crippen molar-refractivity contribution in [3.8, 4) is 44.1 Å². The number of thiophene rings is 1. The molecule has 0 amide bonds. The number of benzene rings is 4. The van der Waals surface area contributed by atoms with Crippen molar-refractivity contribution < 1.29 is 20.1 Å². The number of nitrogens with zero attached hydrogens (tertiary/aromatic N) is 2. The molecule has 0 saturated carbocycles. The smallest absolute Gasteiger partial charge is 0.0246 e. The summed E-state index contributed by atoms with van der Waals surface area (Å²) in [6.45, 7) is 8.92. The minimum absolute atomic E-state index is 0. The van der Waals surface area contributed by atoms with E-state index in [0.717, 1.165) is 22.5 Å². The van der Waals surface area contributed by atoms with Crippen LogP contribution in [0.4, 0.5) is 0 Å². The van der Waals surface area contributed by atoms with E-state index in [0.29, 0.717) is 11.8 Å². The van der Waals surface area contributed by atoms with Crippen molar-refractivity contribution in [3.63, 3.8) is 0 Å². The van der Waals surface area contributed by atoms with Gasteiger partial charge in [0.2, 0.25) is 0 Å². The summed E-state index contributed by atoms with van der Waals surface area (Å²) in [6.07, 6.45) is 3.71. The molecule has 0 aliphatic rings. The van der Waals surface area contributed by atoms with Crippen LogP contribution in [-0.2, 0) is 20.1 Å². The number of hydrogen-bond donors (Lipinski definition) is 0. The zero-order valence-corrected chi connectivity index (χ0v) is 29.7. The number of fused-ring (bicyclic) bond motifs is 1. The van der Waals surface area contributed by atoms with E-state index in [4.69, 9.17) is 4.98 Å². The molecule has 0 spiro atoms. The Hall–Kier alpha value is -4.21. The Labute approximate surface area is 290 Å². The van der Waals surface area contributed by atoms with Gasteiger partial charge in [0.25, 0.3) is 0 Å². The molecular formula is C42H36IrN2S-2. The second-order valence-corrected chi connectivity index (χ2v) is 12.8. The predicted molar refractivity (Wildman–Crippen MR) is 191 cm³/mol. The van der Waals surface area contributed by atoms with Gasteiger partial charge in [-0.1, -0.05) is 123 Å². The maximum absolute atomic E-state index is 4.71. The molecule has 46 heavy (non-hydrogen) atoms. The Kier molecular flexibility index (Phi) is 11.1. The summed E-state index contributed by atoms with van der Waals surface area (Å²) in [5, 5.41) is 1.25. The van der Waals surface area contributed by atoms with Gasteiger partial charge >= 0.3 is 0 Å². The number of rotatable bonds is 6. The molecule has 1 radical (unpaired) electrons. The Morgan fingerprint density at radius 3 is 1.98 bits per heavy atom. The van der Waals surface area contributed by atoms with Crippen molar-refractivity contribution in [1.82, 2.24) is 9.97 Å². The SMILES string of the molecule is CC(C)c1ccc(-c2cc(-c3cc(C(C)C)ccn3)[c-]c3sc(-c4ccccc4)cc23)cc1.[Ir].[c-]1ccccc1-c1ccccn1. The van der Waals surface area contributed by atoms with Gasteiger partial charge in [0.1, 0.15) is 0 Å². The van der Waals surface area contributed by atoms with Gasteiger partial charge in [-0.2, -0.15) is 11.3 Å². The van der Waals surface area contributed by atoms with Crippen molar-refractivity contribution in [2.24, 2.45) is 0 Å². The van der Waals surface area contributed by atoms with E-state index in [-0.39, 0.29) is 20.1 Å². The normalized spacial score (nSPS) is 10.8. The fraction of sp³-hybridized carbons (Fsp3) is 0.143. The first-order valence-electron chi connectivity index (χ1n) is 15.5. The molecule has 2 nitrogen and oxygen atoms in total. The molecule has 0 aliphatic heterocycles. The Balaban J connectivity index is 0.000000269. The summed E-state index contributed by atoms with van der Waals surface area (Å²) in [5.41, 5.74) is 10.4. The monoisotopic (exact) mass is 793 g/mol. The van der Waals surface area contributed by atoms with Crippen LogP contribution in [0.15, 0.2) is 134 Å². The fourth-order valence-corrected chi connectivity index (χ4v) is 6.35. The van der Waals surface area contributed by atoms with Crippen LogP contribution in [-0.4, -0.2) is 9.97 Å². The summed E-state index contributed by atoms with van der Waals surface area (Å²) in [7, 11) is 0. The summed E-state index contributed by atoms with van der Waals surface area (Å²) < 4.78 is 1.17. The van der Waals surface area contributed by atoms with Crippen LogP contribution in [0.2, 0.25) is 0 Å². The second-order valence-electron chi connectivity index (χ2n) is 11.7. The molecule has 0 aliphatic carbocycles. The van der Waals surface area contributed by atoms with Gasteiger partial charge in [0.05, 0.1) is 0 Å². The van der Waals surface area contributed by atoms with Gasteiger partial charge < -0.3 is 9.97 Å². The van der Waals surface area contributed by atoms with Gasteiger partial charge in [0, 0.05) is 37.4 Å². The molecule has 0 fully saturated rings. The van der Waals surface area contributed by atoms with Crippen LogP contribution in [0, 0.1) is 12.1 Å². The molecule has 231 valence electrons. The van der Waals surface area contributed by atoms with Crippen LogP contribution in [0.25, 0.3) is 54.2 Å². The third kappa shape index (κ3) is 7.77. The van der Waals surface area contributed by atoms with Crippen molar-refractivity contribution in [1.29, 1.82) is 0 Å². The van der Waals surface area contributed by atoms with Crippen molar-refractivity contribution in [3.05, 3.63) is 157 Å². The van der Waals surface area contributed by atoms with Gasteiger partial charge in [-0.15, -0.1) is 53.6 Å². The van der Waals surface area contributed by atoms with Crippen molar-refractivity contribution >= 4 is 21.4 Å². The zero-order valence-electron chi connectivity index (χ0n) is 26.5. The zero-order chi connectivity index (χ0) is 31.2. The van der Waals surface area contributed by atoms with E-state index in [1.54, 1.807) is 17.5 Å². The standard InChI is InChI=1S/C31H28NS.C11H8N.Ir/c1-20(2)22-10-12-23(13-11-22)27-16-26(29-17-25(21(3)4)14-15-32-29)18-31-28(27)19-30(33-31)24-8-6-5-7-9-24;1-2-6-10(7-3-1)11-8-4-5-9-12-11;/h5-17,19-21H,1-4H3;1-6,8-9H;/q2*-1;. The van der Waals surface area contributed by atoms with Crippen molar-refractivity contribution in [2.45, 2.75) is 39.5 Å². The van der Waals surface area contributed by atoms with E-state index in [9.17, 15) is 0 Å². The molecule has 0 bridgehead atoms. The summed E-state index contributed by atoms with van der Waals surface area (Å²) in [5.74, 6) is 0.984. The maximum Gasteiger partial charge on any atom is 0.0246 e. The average molecular weight is 793 g/mol. The number of hydrogen-bond acceptors (Lipinski definition) is 3. The first kappa shape index (κ1) is 33.2. The largest absolute Gasteiger partial charge is 0.305 e. The third-order valence-corrected chi connectivity index (χ3v) is 8.98. The van der Waals surface area contributed by atoms with Gasteiger partial charge in [-0.3, -0.25) is 0 Å². The first-order chi connectivity index (χ1) is 22.0. The van der Waals surface area contributed by atoms with Gasteiger partial charge in [-0.25, -0.2) is 0 Å². The molecular weight excluding hydrogens is 757 g/mol. The number of aromatic nitrogens is 2. The van der Waals surface area contributed by atoms with E-state index in [2.05, 4.69) is 124 Å². The average Bonchev–Trinajstić information content (AvgIpc) is 3.54.